The SMILES string of the molecule is CC[n+]1[nH]nc(Br)c1Br. The Bertz CT molecular complexity index is 208. The number of aromatic nitrogens is 3. The van der Waals surface area contributed by atoms with Crippen molar-refractivity contribution >= 4 is 31.9 Å². The Morgan fingerprint density at radius 2 is 2.33 bits per heavy atom. The third-order valence-electron chi connectivity index (χ3n) is 0.992. The van der Waals surface area contributed by atoms with Crippen LogP contribution in [0, 0.1) is 0 Å². The van der Waals surface area contributed by atoms with Gasteiger partial charge in [-0.05, 0) is 6.92 Å². The van der Waals surface area contributed by atoms with Crippen LogP contribution in [0.5, 0.6) is 0 Å². The summed E-state index contributed by atoms with van der Waals surface area (Å²) in [5.41, 5.74) is 0. The summed E-state index contributed by atoms with van der Waals surface area (Å²) in [6.07, 6.45) is 0. The van der Waals surface area contributed by atoms with E-state index in [0.29, 0.717) is 0 Å². The lowest BCUT2D eigenvalue weighted by molar-refractivity contribution is -0.760. The first-order valence-corrected chi connectivity index (χ1v) is 4.13. The predicted molar refractivity (Wildman–Crippen MR) is 39.9 cm³/mol. The quantitative estimate of drug-likeness (QED) is 0.753. The number of H-pyrrole nitrogens is 1. The number of hydrogen-bond donors (Lipinski definition) is 1. The monoisotopic (exact) mass is 254 g/mol. The van der Waals surface area contributed by atoms with Crippen molar-refractivity contribution in [3.8, 4) is 0 Å². The summed E-state index contributed by atoms with van der Waals surface area (Å²) in [4.78, 5) is 0. The van der Waals surface area contributed by atoms with Gasteiger partial charge in [0.25, 0.3) is 4.60 Å². The van der Waals surface area contributed by atoms with Gasteiger partial charge in [0.2, 0.25) is 4.60 Å². The Kier molecular flexibility index (Phi) is 2.23. The normalized spacial score (nSPS) is 10.1. The molecule has 1 rings (SSSR count). The lowest BCUT2D eigenvalue weighted by Gasteiger charge is -1.84. The number of nitrogens with one attached hydrogen (secondary N) is 1. The Morgan fingerprint density at radius 3 is 2.56 bits per heavy atom. The van der Waals surface area contributed by atoms with E-state index in [0.717, 1.165) is 15.8 Å². The second kappa shape index (κ2) is 2.79. The molecule has 3 nitrogen and oxygen atoms in total. The number of hydrogen-bond acceptors (Lipinski definition) is 1. The average molecular weight is 256 g/mol. The third kappa shape index (κ3) is 1.32. The number of aromatic amines is 1. The summed E-state index contributed by atoms with van der Waals surface area (Å²) in [6, 6.07) is 0. The predicted octanol–water partition coefficient (Wildman–Crippen LogP) is 1.24. The van der Waals surface area contributed by atoms with Crippen molar-refractivity contribution < 1.29 is 4.68 Å². The van der Waals surface area contributed by atoms with Crippen LogP contribution in [0.1, 0.15) is 6.92 Å². The van der Waals surface area contributed by atoms with E-state index in [1.807, 2.05) is 11.6 Å². The minimum atomic E-state index is 0.810. The molecule has 1 aromatic heterocycles. The highest BCUT2D eigenvalue weighted by atomic mass is 79.9. The lowest BCUT2D eigenvalue weighted by atomic mass is 10.7. The zero-order chi connectivity index (χ0) is 6.85. The van der Waals surface area contributed by atoms with E-state index in [2.05, 4.69) is 42.2 Å². The molecule has 0 amide bonds. The first kappa shape index (κ1) is 7.21. The van der Waals surface area contributed by atoms with E-state index in [-0.39, 0.29) is 0 Å². The van der Waals surface area contributed by atoms with Gasteiger partial charge in [-0.3, -0.25) is 0 Å². The summed E-state index contributed by atoms with van der Waals surface area (Å²) in [5.74, 6) is 0. The highest BCUT2D eigenvalue weighted by Gasteiger charge is 2.12. The number of rotatable bonds is 1. The first-order valence-electron chi connectivity index (χ1n) is 2.55. The van der Waals surface area contributed by atoms with E-state index < -0.39 is 0 Å². The van der Waals surface area contributed by atoms with Gasteiger partial charge in [0.15, 0.2) is 0 Å². The van der Waals surface area contributed by atoms with Gasteiger partial charge in [-0.15, -0.1) is 4.68 Å². The minimum Gasteiger partial charge on any atom is -0.148 e. The molecule has 0 radical (unpaired) electrons. The molecule has 0 saturated heterocycles. The third-order valence-corrected chi connectivity index (χ3v) is 2.88. The van der Waals surface area contributed by atoms with Crippen molar-refractivity contribution in [2.75, 3.05) is 0 Å². The summed E-state index contributed by atoms with van der Waals surface area (Å²) in [5, 5.41) is 6.69. The molecule has 0 saturated carbocycles. The van der Waals surface area contributed by atoms with Crippen molar-refractivity contribution in [3.63, 3.8) is 0 Å². The van der Waals surface area contributed by atoms with Crippen molar-refractivity contribution in [1.82, 2.24) is 10.3 Å². The van der Waals surface area contributed by atoms with Crippen LogP contribution in [0.4, 0.5) is 0 Å². The fourth-order valence-electron chi connectivity index (χ4n) is 0.515. The molecule has 0 fully saturated rings. The lowest BCUT2D eigenvalue weighted by Crippen LogP contribution is -2.35. The topological polar surface area (TPSA) is 32.6 Å². The van der Waals surface area contributed by atoms with Crippen molar-refractivity contribution in [2.45, 2.75) is 13.5 Å². The van der Waals surface area contributed by atoms with Crippen LogP contribution in [-0.4, -0.2) is 10.3 Å². The second-order valence-electron chi connectivity index (χ2n) is 1.54. The molecule has 0 spiro atoms. The Balaban J connectivity index is 3.04. The standard InChI is InChI=1S/C4H5Br2N3/c1-2-9-4(6)3(5)7-8-9/h2H2,1H3/p+1. The zero-order valence-corrected chi connectivity index (χ0v) is 8.03. The van der Waals surface area contributed by atoms with Crippen LogP contribution in [0.2, 0.25) is 0 Å². The molecule has 5 heteroatoms. The van der Waals surface area contributed by atoms with E-state index in [1.165, 1.54) is 0 Å². The fourth-order valence-corrected chi connectivity index (χ4v) is 1.23. The smallest absolute Gasteiger partial charge is 0.148 e. The number of halogens is 2. The average Bonchev–Trinajstić information content (AvgIpc) is 2.15. The first-order chi connectivity index (χ1) is 4.25. The van der Waals surface area contributed by atoms with E-state index in [9.17, 15) is 0 Å². The molecule has 0 aliphatic rings. The minimum absolute atomic E-state index is 0.810. The summed E-state index contributed by atoms with van der Waals surface area (Å²) in [6.45, 7) is 2.93. The maximum Gasteiger partial charge on any atom is 0.297 e. The molecule has 0 aliphatic heterocycles. The molecular formula is C4H6Br2N3+. The van der Waals surface area contributed by atoms with Crippen LogP contribution < -0.4 is 4.68 Å². The van der Waals surface area contributed by atoms with Crippen LogP contribution in [0.3, 0.4) is 0 Å². The second-order valence-corrected chi connectivity index (χ2v) is 3.04. The van der Waals surface area contributed by atoms with Gasteiger partial charge in [0, 0.05) is 31.9 Å². The molecule has 1 aromatic rings. The van der Waals surface area contributed by atoms with Gasteiger partial charge in [-0.2, -0.15) is 0 Å². The van der Waals surface area contributed by atoms with Crippen molar-refractivity contribution in [2.24, 2.45) is 0 Å². The van der Waals surface area contributed by atoms with Crippen molar-refractivity contribution in [3.05, 3.63) is 9.21 Å². The van der Waals surface area contributed by atoms with Gasteiger partial charge in [-0.1, -0.05) is 5.21 Å². The molecule has 1 N–H and O–H groups in total. The van der Waals surface area contributed by atoms with E-state index in [4.69, 9.17) is 0 Å². The molecule has 0 bridgehead atoms. The van der Waals surface area contributed by atoms with Gasteiger partial charge in [0.1, 0.15) is 6.54 Å². The van der Waals surface area contributed by atoms with Crippen molar-refractivity contribution in [1.29, 1.82) is 0 Å². The molecule has 50 valence electrons. The van der Waals surface area contributed by atoms with Crippen LogP contribution in [-0.2, 0) is 6.54 Å². The summed E-state index contributed by atoms with van der Waals surface area (Å²) < 4.78 is 3.64. The van der Waals surface area contributed by atoms with E-state index in [1.54, 1.807) is 0 Å². The molecule has 0 aromatic carbocycles. The molecule has 9 heavy (non-hydrogen) atoms. The molecule has 1 heterocycles. The number of aryl methyl sites for hydroxylation is 1. The van der Waals surface area contributed by atoms with Crippen LogP contribution in [0.25, 0.3) is 0 Å². The summed E-state index contributed by atoms with van der Waals surface area (Å²) in [7, 11) is 0. The van der Waals surface area contributed by atoms with Gasteiger partial charge in [-0.25, -0.2) is 0 Å². The van der Waals surface area contributed by atoms with Crippen LogP contribution in [0.15, 0.2) is 9.21 Å². The Labute approximate surface area is 69.7 Å². The Morgan fingerprint density at radius 1 is 1.67 bits per heavy atom. The molecule has 0 unspecified atom stereocenters. The maximum absolute atomic E-state index is 3.89. The van der Waals surface area contributed by atoms with Gasteiger partial charge >= 0.3 is 0 Å². The maximum atomic E-state index is 3.89. The zero-order valence-electron chi connectivity index (χ0n) is 4.86. The Hall–Kier alpha value is 0.1000. The fraction of sp³-hybridized carbons (Fsp3) is 0.500. The van der Waals surface area contributed by atoms with Gasteiger partial charge in [0.05, 0.1) is 5.10 Å². The molecular weight excluding hydrogens is 250 g/mol. The number of nitrogens with zero attached hydrogens (tertiary/aromatic N) is 2. The molecule has 0 aliphatic carbocycles. The highest BCUT2D eigenvalue weighted by molar-refractivity contribution is 9.13. The van der Waals surface area contributed by atoms with E-state index >= 15 is 0 Å². The molecule has 0 atom stereocenters. The largest absolute Gasteiger partial charge is 0.297 e. The van der Waals surface area contributed by atoms with Gasteiger partial charge < -0.3 is 0 Å². The summed E-state index contributed by atoms with van der Waals surface area (Å²) >= 11 is 6.58. The highest BCUT2D eigenvalue weighted by Crippen LogP contribution is 2.13. The van der Waals surface area contributed by atoms with Crippen LogP contribution >= 0.6 is 31.9 Å².